The summed E-state index contributed by atoms with van der Waals surface area (Å²) in [5.74, 6) is 2.75. The van der Waals surface area contributed by atoms with E-state index in [0.29, 0.717) is 25.5 Å². The lowest BCUT2D eigenvalue weighted by molar-refractivity contribution is -0.118. The summed E-state index contributed by atoms with van der Waals surface area (Å²) in [5, 5.41) is 12.3. The van der Waals surface area contributed by atoms with E-state index >= 15 is 0 Å². The maximum Gasteiger partial charge on any atom is 0.227 e. The number of aryl methyl sites for hydroxylation is 2. The zero-order valence-electron chi connectivity index (χ0n) is 17.3. The van der Waals surface area contributed by atoms with Gasteiger partial charge in [0.05, 0.1) is 6.61 Å². The Morgan fingerprint density at radius 2 is 2.03 bits per heavy atom. The second kappa shape index (κ2) is 9.37. The van der Waals surface area contributed by atoms with E-state index in [4.69, 9.17) is 4.74 Å². The Morgan fingerprint density at radius 1 is 1.17 bits per heavy atom. The average molecular weight is 398 g/mol. The van der Waals surface area contributed by atoms with Crippen LogP contribution in [0.25, 0.3) is 0 Å². The molecule has 2 aliphatic rings. The van der Waals surface area contributed by atoms with Crippen molar-refractivity contribution in [3.63, 3.8) is 0 Å². The fourth-order valence-corrected chi connectivity index (χ4v) is 4.55. The SMILES string of the molecule is CCN1C(=O)CCc2cc(OCCCc3nnnn3CC3CCCCC3)ccc21. The summed E-state index contributed by atoms with van der Waals surface area (Å²) in [4.78, 5) is 13.9. The maximum atomic E-state index is 12.0. The molecular weight excluding hydrogens is 366 g/mol. The Hall–Kier alpha value is -2.44. The highest BCUT2D eigenvalue weighted by atomic mass is 16.5. The van der Waals surface area contributed by atoms with Crippen molar-refractivity contribution in [3.05, 3.63) is 29.6 Å². The standard InChI is InChI=1S/C22H31N5O2/c1-2-26-20-12-11-19(15-18(20)10-13-22(26)28)29-14-6-9-21-23-24-25-27(21)16-17-7-4-3-5-8-17/h11-12,15,17H,2-10,13-14,16H2,1H3. The molecule has 156 valence electrons. The zero-order chi connectivity index (χ0) is 20.1. The first kappa shape index (κ1) is 19.9. The molecule has 0 bridgehead atoms. The van der Waals surface area contributed by atoms with Gasteiger partial charge in [-0.05, 0) is 72.7 Å². The molecule has 1 aliphatic carbocycles. The molecule has 1 saturated carbocycles. The summed E-state index contributed by atoms with van der Waals surface area (Å²) >= 11 is 0. The van der Waals surface area contributed by atoms with Crippen molar-refractivity contribution in [2.45, 2.75) is 71.3 Å². The molecule has 0 radical (unpaired) electrons. The van der Waals surface area contributed by atoms with Gasteiger partial charge in [-0.15, -0.1) is 5.10 Å². The van der Waals surface area contributed by atoms with Crippen LogP contribution in [0.15, 0.2) is 18.2 Å². The second-order valence-corrected chi connectivity index (χ2v) is 8.16. The molecule has 0 spiro atoms. The van der Waals surface area contributed by atoms with Gasteiger partial charge in [0.15, 0.2) is 5.82 Å². The first-order valence-corrected chi connectivity index (χ1v) is 11.1. The average Bonchev–Trinajstić information content (AvgIpc) is 3.19. The Morgan fingerprint density at radius 3 is 2.86 bits per heavy atom. The van der Waals surface area contributed by atoms with Crippen molar-refractivity contribution in [1.29, 1.82) is 0 Å². The number of fused-ring (bicyclic) bond motifs is 1. The number of carbonyl (C=O) groups excluding carboxylic acids is 1. The highest BCUT2D eigenvalue weighted by Gasteiger charge is 2.23. The lowest BCUT2D eigenvalue weighted by atomic mass is 9.89. The van der Waals surface area contributed by atoms with Crippen LogP contribution >= 0.6 is 0 Å². The predicted octanol–water partition coefficient (Wildman–Crippen LogP) is 3.56. The van der Waals surface area contributed by atoms with Crippen LogP contribution in [0.4, 0.5) is 5.69 Å². The van der Waals surface area contributed by atoms with Crippen LogP contribution in [-0.4, -0.2) is 39.3 Å². The summed E-state index contributed by atoms with van der Waals surface area (Å²) in [6, 6.07) is 6.06. The van der Waals surface area contributed by atoms with Gasteiger partial charge >= 0.3 is 0 Å². The molecule has 29 heavy (non-hydrogen) atoms. The summed E-state index contributed by atoms with van der Waals surface area (Å²) in [5.41, 5.74) is 2.22. The van der Waals surface area contributed by atoms with Crippen molar-refractivity contribution >= 4 is 11.6 Å². The van der Waals surface area contributed by atoms with Gasteiger partial charge in [-0.3, -0.25) is 4.79 Å². The first-order chi connectivity index (χ1) is 14.2. The molecule has 1 aliphatic heterocycles. The number of tetrazole rings is 1. The number of hydrogen-bond donors (Lipinski definition) is 0. The predicted molar refractivity (Wildman–Crippen MR) is 111 cm³/mol. The minimum Gasteiger partial charge on any atom is -0.494 e. The van der Waals surface area contributed by atoms with E-state index in [9.17, 15) is 4.79 Å². The largest absolute Gasteiger partial charge is 0.494 e. The Labute approximate surface area is 172 Å². The third-order valence-corrected chi connectivity index (χ3v) is 6.14. The lowest BCUT2D eigenvalue weighted by Gasteiger charge is -2.28. The van der Waals surface area contributed by atoms with Crippen molar-refractivity contribution in [2.75, 3.05) is 18.1 Å². The second-order valence-electron chi connectivity index (χ2n) is 8.16. The molecule has 0 saturated heterocycles. The number of ether oxygens (including phenoxy) is 1. The topological polar surface area (TPSA) is 73.1 Å². The van der Waals surface area contributed by atoms with E-state index < -0.39 is 0 Å². The van der Waals surface area contributed by atoms with E-state index in [-0.39, 0.29) is 5.91 Å². The van der Waals surface area contributed by atoms with Gasteiger partial charge in [0.2, 0.25) is 5.91 Å². The molecule has 1 aromatic carbocycles. The van der Waals surface area contributed by atoms with E-state index in [1.54, 1.807) is 0 Å². The van der Waals surface area contributed by atoms with Crippen LogP contribution in [0.3, 0.4) is 0 Å². The fourth-order valence-electron chi connectivity index (χ4n) is 4.55. The van der Waals surface area contributed by atoms with E-state index in [0.717, 1.165) is 43.1 Å². The summed E-state index contributed by atoms with van der Waals surface area (Å²) in [6.45, 7) is 4.30. The molecule has 2 heterocycles. The number of benzene rings is 1. The van der Waals surface area contributed by atoms with Gasteiger partial charge < -0.3 is 9.64 Å². The number of aromatic nitrogens is 4. The fraction of sp³-hybridized carbons (Fsp3) is 0.636. The monoisotopic (exact) mass is 397 g/mol. The van der Waals surface area contributed by atoms with Crippen LogP contribution in [0.1, 0.15) is 63.3 Å². The molecular formula is C22H31N5O2. The quantitative estimate of drug-likeness (QED) is 0.637. The van der Waals surface area contributed by atoms with Gasteiger partial charge in [-0.2, -0.15) is 0 Å². The number of amides is 1. The molecule has 4 rings (SSSR count). The van der Waals surface area contributed by atoms with Gasteiger partial charge in [-0.1, -0.05) is 19.3 Å². The molecule has 0 atom stereocenters. The molecule has 1 fully saturated rings. The number of anilines is 1. The Balaban J connectivity index is 1.27. The zero-order valence-corrected chi connectivity index (χ0v) is 17.3. The molecule has 2 aromatic rings. The van der Waals surface area contributed by atoms with Gasteiger partial charge in [0.25, 0.3) is 0 Å². The highest BCUT2D eigenvalue weighted by Crippen LogP contribution is 2.31. The van der Waals surface area contributed by atoms with E-state index in [2.05, 4.69) is 21.6 Å². The number of hydrogen-bond acceptors (Lipinski definition) is 5. The normalized spacial score (nSPS) is 17.4. The van der Waals surface area contributed by atoms with Crippen LogP contribution in [0, 0.1) is 5.92 Å². The summed E-state index contributed by atoms with van der Waals surface area (Å²) in [6.07, 6.45) is 9.69. The van der Waals surface area contributed by atoms with Crippen LogP contribution in [0.2, 0.25) is 0 Å². The third kappa shape index (κ3) is 4.77. The molecule has 0 unspecified atom stereocenters. The Kier molecular flexibility index (Phi) is 6.42. The minimum absolute atomic E-state index is 0.208. The number of nitrogens with zero attached hydrogens (tertiary/aromatic N) is 5. The Bertz CT molecular complexity index is 828. The molecule has 1 aromatic heterocycles. The van der Waals surface area contributed by atoms with Gasteiger partial charge in [0.1, 0.15) is 5.75 Å². The van der Waals surface area contributed by atoms with Crippen molar-refractivity contribution < 1.29 is 9.53 Å². The highest BCUT2D eigenvalue weighted by molar-refractivity contribution is 5.96. The molecule has 7 heteroatoms. The summed E-state index contributed by atoms with van der Waals surface area (Å²) < 4.78 is 7.97. The van der Waals surface area contributed by atoms with Crippen LogP contribution < -0.4 is 9.64 Å². The maximum absolute atomic E-state index is 12.0. The summed E-state index contributed by atoms with van der Waals surface area (Å²) in [7, 11) is 0. The van der Waals surface area contributed by atoms with Crippen molar-refractivity contribution in [1.82, 2.24) is 20.2 Å². The van der Waals surface area contributed by atoms with Crippen LogP contribution in [-0.2, 0) is 24.2 Å². The van der Waals surface area contributed by atoms with Gasteiger partial charge in [0, 0.05) is 31.6 Å². The number of rotatable bonds is 8. The number of carbonyl (C=O) groups is 1. The molecule has 7 nitrogen and oxygen atoms in total. The van der Waals surface area contributed by atoms with Crippen LogP contribution in [0.5, 0.6) is 5.75 Å². The van der Waals surface area contributed by atoms with Gasteiger partial charge in [-0.25, -0.2) is 4.68 Å². The lowest BCUT2D eigenvalue weighted by Crippen LogP contribution is -2.34. The van der Waals surface area contributed by atoms with Crippen molar-refractivity contribution in [3.8, 4) is 5.75 Å². The molecule has 1 amide bonds. The molecule has 0 N–H and O–H groups in total. The smallest absolute Gasteiger partial charge is 0.227 e. The van der Waals surface area contributed by atoms with Crippen molar-refractivity contribution in [2.24, 2.45) is 5.92 Å². The van der Waals surface area contributed by atoms with E-state index in [1.165, 1.54) is 37.7 Å². The first-order valence-electron chi connectivity index (χ1n) is 11.1. The minimum atomic E-state index is 0.208. The third-order valence-electron chi connectivity index (χ3n) is 6.14. The van der Waals surface area contributed by atoms with E-state index in [1.807, 2.05) is 28.6 Å².